The average molecular weight is 297 g/mol. The number of hydrogen-bond acceptors (Lipinski definition) is 3. The van der Waals surface area contributed by atoms with E-state index in [1.54, 1.807) is 4.90 Å². The average Bonchev–Trinajstić information content (AvgIpc) is 2.52. The van der Waals surface area contributed by atoms with E-state index in [4.69, 9.17) is 0 Å². The van der Waals surface area contributed by atoms with Crippen LogP contribution in [-0.4, -0.2) is 66.3 Å². The summed E-state index contributed by atoms with van der Waals surface area (Å²) in [6.45, 7) is 3.02. The highest BCUT2D eigenvalue weighted by Gasteiger charge is 2.21. The molecule has 21 heavy (non-hydrogen) atoms. The van der Waals surface area contributed by atoms with Gasteiger partial charge in [0.2, 0.25) is 0 Å². The zero-order chi connectivity index (χ0) is 15.1. The molecule has 1 unspecified atom stereocenters. The summed E-state index contributed by atoms with van der Waals surface area (Å²) >= 11 is 0. The Balaban J connectivity index is 1.57. The number of aliphatic hydroxyl groups is 1. The highest BCUT2D eigenvalue weighted by molar-refractivity contribution is 5.74. The number of piperidine rings is 1. The SMILES string of the molecule is CN(CCCNC(=O)N1CCCC(O)C1)C1CCCCC1. The molecule has 0 bridgehead atoms. The molecule has 1 saturated heterocycles. The minimum absolute atomic E-state index is 0.0194. The van der Waals surface area contributed by atoms with E-state index in [0.29, 0.717) is 6.54 Å². The molecule has 5 heteroatoms. The molecule has 0 spiro atoms. The number of nitrogens with zero attached hydrogens (tertiary/aromatic N) is 2. The smallest absolute Gasteiger partial charge is 0.317 e. The molecule has 0 radical (unpaired) electrons. The zero-order valence-electron chi connectivity index (χ0n) is 13.4. The third-order valence-electron chi connectivity index (χ3n) is 4.85. The third-order valence-corrected chi connectivity index (χ3v) is 4.85. The first kappa shape index (κ1) is 16.6. The minimum Gasteiger partial charge on any atom is -0.391 e. The lowest BCUT2D eigenvalue weighted by Gasteiger charge is -2.32. The lowest BCUT2D eigenvalue weighted by atomic mass is 9.94. The molecule has 2 aliphatic rings. The van der Waals surface area contributed by atoms with Crippen molar-refractivity contribution in [1.82, 2.24) is 15.1 Å². The van der Waals surface area contributed by atoms with Gasteiger partial charge in [0.25, 0.3) is 0 Å². The maximum Gasteiger partial charge on any atom is 0.317 e. The van der Waals surface area contributed by atoms with Gasteiger partial charge in [0.15, 0.2) is 0 Å². The fourth-order valence-corrected chi connectivity index (χ4v) is 3.48. The van der Waals surface area contributed by atoms with Gasteiger partial charge in [-0.1, -0.05) is 19.3 Å². The molecular weight excluding hydrogens is 266 g/mol. The van der Waals surface area contributed by atoms with Crippen molar-refractivity contribution in [1.29, 1.82) is 0 Å². The van der Waals surface area contributed by atoms with E-state index in [9.17, 15) is 9.90 Å². The van der Waals surface area contributed by atoms with Gasteiger partial charge in [-0.15, -0.1) is 0 Å². The van der Waals surface area contributed by atoms with Crippen LogP contribution in [0.3, 0.4) is 0 Å². The van der Waals surface area contributed by atoms with E-state index in [0.717, 1.165) is 44.9 Å². The largest absolute Gasteiger partial charge is 0.391 e. The van der Waals surface area contributed by atoms with Crippen LogP contribution >= 0.6 is 0 Å². The number of carbonyl (C=O) groups excluding carboxylic acids is 1. The maximum absolute atomic E-state index is 12.0. The van der Waals surface area contributed by atoms with Gasteiger partial charge in [0.1, 0.15) is 0 Å². The van der Waals surface area contributed by atoms with Gasteiger partial charge in [0, 0.05) is 25.7 Å². The van der Waals surface area contributed by atoms with E-state index in [1.807, 2.05) is 0 Å². The van der Waals surface area contributed by atoms with Gasteiger partial charge >= 0.3 is 6.03 Å². The summed E-state index contributed by atoms with van der Waals surface area (Å²) in [5.41, 5.74) is 0. The Morgan fingerprint density at radius 2 is 2.00 bits per heavy atom. The van der Waals surface area contributed by atoms with E-state index in [2.05, 4.69) is 17.3 Å². The number of hydrogen-bond donors (Lipinski definition) is 2. The van der Waals surface area contributed by atoms with Gasteiger partial charge < -0.3 is 20.2 Å². The van der Waals surface area contributed by atoms with Gasteiger partial charge in [-0.3, -0.25) is 0 Å². The van der Waals surface area contributed by atoms with Crippen molar-refractivity contribution in [3.05, 3.63) is 0 Å². The first-order chi connectivity index (χ1) is 10.2. The van der Waals surface area contributed by atoms with Crippen molar-refractivity contribution in [3.8, 4) is 0 Å². The predicted molar refractivity (Wildman–Crippen MR) is 84.3 cm³/mol. The standard InChI is InChI=1S/C16H31N3O2/c1-18(14-7-3-2-4-8-14)11-6-10-17-16(21)19-12-5-9-15(20)13-19/h14-15,20H,2-13H2,1H3,(H,17,21). The molecule has 1 heterocycles. The van der Waals surface area contributed by atoms with Crippen LogP contribution in [-0.2, 0) is 0 Å². The van der Waals surface area contributed by atoms with Crippen molar-refractivity contribution in [2.75, 3.05) is 33.2 Å². The van der Waals surface area contributed by atoms with Crippen molar-refractivity contribution >= 4 is 6.03 Å². The zero-order valence-corrected chi connectivity index (χ0v) is 13.4. The summed E-state index contributed by atoms with van der Waals surface area (Å²) in [5, 5.41) is 12.6. The van der Waals surface area contributed by atoms with Crippen molar-refractivity contribution in [2.45, 2.75) is 63.5 Å². The molecule has 0 aromatic rings. The van der Waals surface area contributed by atoms with E-state index in [1.165, 1.54) is 32.1 Å². The molecular formula is C16H31N3O2. The van der Waals surface area contributed by atoms with Crippen LogP contribution in [0.25, 0.3) is 0 Å². The summed E-state index contributed by atoms with van der Waals surface area (Å²) in [5.74, 6) is 0. The number of likely N-dealkylation sites (tertiary alicyclic amines) is 1. The monoisotopic (exact) mass is 297 g/mol. The number of amides is 2. The van der Waals surface area contributed by atoms with Crippen molar-refractivity contribution < 1.29 is 9.90 Å². The number of rotatable bonds is 5. The van der Waals surface area contributed by atoms with Crippen LogP contribution < -0.4 is 5.32 Å². The van der Waals surface area contributed by atoms with Crippen molar-refractivity contribution in [2.24, 2.45) is 0 Å². The Morgan fingerprint density at radius 3 is 2.71 bits per heavy atom. The van der Waals surface area contributed by atoms with Crippen molar-refractivity contribution in [3.63, 3.8) is 0 Å². The molecule has 1 atom stereocenters. The highest BCUT2D eigenvalue weighted by Crippen LogP contribution is 2.21. The fraction of sp³-hybridized carbons (Fsp3) is 0.938. The Hall–Kier alpha value is -0.810. The quantitative estimate of drug-likeness (QED) is 0.761. The van der Waals surface area contributed by atoms with Gasteiger partial charge in [-0.2, -0.15) is 0 Å². The van der Waals surface area contributed by atoms with Crippen LogP contribution in [0.5, 0.6) is 0 Å². The minimum atomic E-state index is -0.345. The Kier molecular flexibility index (Phi) is 6.77. The Bertz CT molecular complexity index is 319. The first-order valence-corrected chi connectivity index (χ1v) is 8.58. The van der Waals surface area contributed by atoms with Gasteiger partial charge in [0.05, 0.1) is 6.10 Å². The number of β-amino-alcohol motifs (C(OH)–C–C–N with tert-alkyl or cyclic N) is 1. The van der Waals surface area contributed by atoms with E-state index < -0.39 is 0 Å². The molecule has 1 aliphatic heterocycles. The second-order valence-corrected chi connectivity index (χ2v) is 6.60. The number of urea groups is 1. The molecule has 2 rings (SSSR count). The molecule has 122 valence electrons. The van der Waals surface area contributed by atoms with Crippen LogP contribution in [0, 0.1) is 0 Å². The van der Waals surface area contributed by atoms with E-state index >= 15 is 0 Å². The second-order valence-electron chi connectivity index (χ2n) is 6.60. The fourth-order valence-electron chi connectivity index (χ4n) is 3.48. The topological polar surface area (TPSA) is 55.8 Å². The molecule has 2 N–H and O–H groups in total. The molecule has 1 aliphatic carbocycles. The first-order valence-electron chi connectivity index (χ1n) is 8.58. The Morgan fingerprint density at radius 1 is 1.24 bits per heavy atom. The number of nitrogens with one attached hydrogen (secondary N) is 1. The maximum atomic E-state index is 12.0. The molecule has 5 nitrogen and oxygen atoms in total. The summed E-state index contributed by atoms with van der Waals surface area (Å²) in [4.78, 5) is 16.2. The van der Waals surface area contributed by atoms with Crippen LogP contribution in [0.15, 0.2) is 0 Å². The van der Waals surface area contributed by atoms with Gasteiger partial charge in [-0.05, 0) is 45.7 Å². The number of aliphatic hydroxyl groups excluding tert-OH is 1. The highest BCUT2D eigenvalue weighted by atomic mass is 16.3. The molecule has 0 aromatic carbocycles. The molecule has 2 amide bonds. The lowest BCUT2D eigenvalue weighted by molar-refractivity contribution is 0.0841. The normalized spacial score (nSPS) is 24.3. The van der Waals surface area contributed by atoms with Crippen LogP contribution in [0.4, 0.5) is 4.79 Å². The Labute approximate surface area is 128 Å². The number of carbonyl (C=O) groups is 1. The summed E-state index contributed by atoms with van der Waals surface area (Å²) in [7, 11) is 2.21. The molecule has 1 saturated carbocycles. The van der Waals surface area contributed by atoms with Gasteiger partial charge in [-0.25, -0.2) is 4.79 Å². The summed E-state index contributed by atoms with van der Waals surface area (Å²) in [6.07, 6.45) is 9.14. The third kappa shape index (κ3) is 5.47. The molecule has 2 fully saturated rings. The second kappa shape index (κ2) is 8.59. The van der Waals surface area contributed by atoms with E-state index in [-0.39, 0.29) is 12.1 Å². The summed E-state index contributed by atoms with van der Waals surface area (Å²) in [6, 6.07) is 0.723. The lowest BCUT2D eigenvalue weighted by Crippen LogP contribution is -2.47. The van der Waals surface area contributed by atoms with Crippen LogP contribution in [0.1, 0.15) is 51.4 Å². The summed E-state index contributed by atoms with van der Waals surface area (Å²) < 4.78 is 0. The molecule has 0 aromatic heterocycles. The van der Waals surface area contributed by atoms with Crippen LogP contribution in [0.2, 0.25) is 0 Å². The predicted octanol–water partition coefficient (Wildman–Crippen LogP) is 1.81.